The van der Waals surface area contributed by atoms with Gasteiger partial charge in [0.15, 0.2) is 0 Å². The van der Waals surface area contributed by atoms with E-state index in [1.54, 1.807) is 24.1 Å². The summed E-state index contributed by atoms with van der Waals surface area (Å²) in [5.74, 6) is -0.529. The van der Waals surface area contributed by atoms with E-state index >= 15 is 0 Å². The fourth-order valence-electron chi connectivity index (χ4n) is 2.61. The number of thiophene rings is 1. The van der Waals surface area contributed by atoms with Crippen LogP contribution in [0.15, 0.2) is 54.6 Å². The monoisotopic (exact) mass is 339 g/mol. The normalized spacial score (nSPS) is 10.6. The lowest BCUT2D eigenvalue weighted by molar-refractivity contribution is 0.0606. The van der Waals surface area contributed by atoms with Gasteiger partial charge in [0.25, 0.3) is 5.91 Å². The molecule has 1 amide bonds. The van der Waals surface area contributed by atoms with Crippen LogP contribution in [0.25, 0.3) is 10.8 Å². The molecule has 4 nitrogen and oxygen atoms in total. The van der Waals surface area contributed by atoms with Crippen LogP contribution < -0.4 is 0 Å². The zero-order valence-electron chi connectivity index (χ0n) is 13.5. The number of ether oxygens (including phenoxy) is 1. The number of fused-ring (bicyclic) bond motifs is 1. The molecule has 1 heterocycles. The molecule has 1 aromatic heterocycles. The maximum absolute atomic E-state index is 12.6. The van der Waals surface area contributed by atoms with E-state index in [0.717, 1.165) is 27.7 Å². The first-order valence-electron chi connectivity index (χ1n) is 7.50. The van der Waals surface area contributed by atoms with Crippen LogP contribution in [0.3, 0.4) is 0 Å². The fourth-order valence-corrected chi connectivity index (χ4v) is 3.53. The third kappa shape index (κ3) is 3.16. The van der Waals surface area contributed by atoms with E-state index in [1.165, 1.54) is 7.11 Å². The van der Waals surface area contributed by atoms with Gasteiger partial charge in [0, 0.05) is 13.6 Å². The third-order valence-electron chi connectivity index (χ3n) is 3.84. The minimum atomic E-state index is -0.421. The number of benzene rings is 2. The lowest BCUT2D eigenvalue weighted by atomic mass is 10.0. The van der Waals surface area contributed by atoms with Crippen LogP contribution in [0, 0.1) is 0 Å². The molecule has 0 aliphatic heterocycles. The zero-order chi connectivity index (χ0) is 17.1. The molecule has 3 rings (SSSR count). The van der Waals surface area contributed by atoms with Gasteiger partial charge in [-0.2, -0.15) is 0 Å². The quantitative estimate of drug-likeness (QED) is 0.676. The molecule has 3 aromatic rings. The van der Waals surface area contributed by atoms with Crippen molar-refractivity contribution in [2.45, 2.75) is 6.54 Å². The number of carbonyl (C=O) groups is 2. The molecule has 0 saturated carbocycles. The molecule has 0 bridgehead atoms. The molecular formula is C19H17NO3S. The van der Waals surface area contributed by atoms with Gasteiger partial charge >= 0.3 is 5.97 Å². The summed E-state index contributed by atoms with van der Waals surface area (Å²) in [5, 5.41) is 2.29. The summed E-state index contributed by atoms with van der Waals surface area (Å²) in [7, 11) is 3.10. The van der Waals surface area contributed by atoms with Crippen molar-refractivity contribution in [3.8, 4) is 0 Å². The highest BCUT2D eigenvalue weighted by molar-refractivity contribution is 7.15. The van der Waals surface area contributed by atoms with E-state index in [-0.39, 0.29) is 5.91 Å². The van der Waals surface area contributed by atoms with Crippen molar-refractivity contribution in [2.24, 2.45) is 0 Å². The number of nitrogens with zero attached hydrogens (tertiary/aromatic N) is 1. The van der Waals surface area contributed by atoms with Crippen molar-refractivity contribution in [1.82, 2.24) is 4.90 Å². The van der Waals surface area contributed by atoms with E-state index in [0.29, 0.717) is 16.3 Å². The minimum absolute atomic E-state index is 0.108. The summed E-state index contributed by atoms with van der Waals surface area (Å²) in [4.78, 5) is 26.7. The Morgan fingerprint density at radius 1 is 1.00 bits per heavy atom. The van der Waals surface area contributed by atoms with Crippen molar-refractivity contribution < 1.29 is 14.3 Å². The van der Waals surface area contributed by atoms with Crippen molar-refractivity contribution in [2.75, 3.05) is 14.2 Å². The van der Waals surface area contributed by atoms with E-state index in [1.807, 2.05) is 24.3 Å². The van der Waals surface area contributed by atoms with Gasteiger partial charge in [-0.1, -0.05) is 42.5 Å². The second-order valence-corrected chi connectivity index (χ2v) is 6.54. The predicted octanol–water partition coefficient (Wildman–Crippen LogP) is 3.96. The molecule has 122 valence electrons. The molecule has 0 unspecified atom stereocenters. The number of hydrogen-bond donors (Lipinski definition) is 0. The average Bonchev–Trinajstić information content (AvgIpc) is 3.10. The molecule has 0 aliphatic rings. The minimum Gasteiger partial charge on any atom is -0.465 e. The number of methoxy groups -OCH3 is 1. The molecule has 0 atom stereocenters. The van der Waals surface area contributed by atoms with Crippen LogP contribution >= 0.6 is 11.3 Å². The Labute approximate surface area is 144 Å². The Morgan fingerprint density at radius 3 is 2.50 bits per heavy atom. The topological polar surface area (TPSA) is 46.6 Å². The number of esters is 1. The highest BCUT2D eigenvalue weighted by Crippen LogP contribution is 2.22. The lowest BCUT2D eigenvalue weighted by Gasteiger charge is -2.17. The fraction of sp³-hybridized carbons (Fsp3) is 0.158. The van der Waals surface area contributed by atoms with Gasteiger partial charge in [-0.05, 0) is 28.5 Å². The van der Waals surface area contributed by atoms with E-state index in [4.69, 9.17) is 0 Å². The summed E-state index contributed by atoms with van der Waals surface area (Å²) in [6.45, 7) is 0.506. The van der Waals surface area contributed by atoms with Crippen LogP contribution in [0.2, 0.25) is 0 Å². The third-order valence-corrected chi connectivity index (χ3v) is 4.89. The Bertz CT molecular complexity index is 895. The van der Waals surface area contributed by atoms with Crippen LogP contribution in [-0.4, -0.2) is 30.9 Å². The van der Waals surface area contributed by atoms with Gasteiger partial charge in [-0.3, -0.25) is 4.79 Å². The summed E-state index contributed by atoms with van der Waals surface area (Å²) >= 11 is 1.15. The molecule has 0 radical (unpaired) electrons. The number of rotatable bonds is 4. The highest BCUT2D eigenvalue weighted by atomic mass is 32.1. The van der Waals surface area contributed by atoms with Crippen LogP contribution in [0.5, 0.6) is 0 Å². The van der Waals surface area contributed by atoms with Crippen molar-refractivity contribution in [3.63, 3.8) is 0 Å². The molecule has 24 heavy (non-hydrogen) atoms. The lowest BCUT2D eigenvalue weighted by Crippen LogP contribution is -2.25. The second-order valence-electron chi connectivity index (χ2n) is 5.45. The van der Waals surface area contributed by atoms with Gasteiger partial charge in [-0.15, -0.1) is 11.3 Å². The predicted molar refractivity (Wildman–Crippen MR) is 95.4 cm³/mol. The maximum atomic E-state index is 12.6. The SMILES string of the molecule is COC(=O)c1ccc(C(=O)N(C)Cc2cccc3ccccc23)s1. The number of carbonyl (C=O) groups excluding carboxylic acids is 2. The average molecular weight is 339 g/mol. The summed E-state index contributed by atoms with van der Waals surface area (Å²) in [6, 6.07) is 17.5. The largest absolute Gasteiger partial charge is 0.465 e. The maximum Gasteiger partial charge on any atom is 0.348 e. The first kappa shape index (κ1) is 16.2. The molecule has 0 fully saturated rings. The van der Waals surface area contributed by atoms with Gasteiger partial charge in [-0.25, -0.2) is 4.79 Å². The zero-order valence-corrected chi connectivity index (χ0v) is 14.3. The Kier molecular flexibility index (Phi) is 4.62. The molecular weight excluding hydrogens is 322 g/mol. The molecule has 2 aromatic carbocycles. The van der Waals surface area contributed by atoms with Crippen molar-refractivity contribution in [3.05, 3.63) is 69.9 Å². The first-order chi connectivity index (χ1) is 11.6. The Balaban J connectivity index is 1.81. The summed E-state index contributed by atoms with van der Waals surface area (Å²) in [5.41, 5.74) is 1.09. The molecule has 0 spiro atoms. The van der Waals surface area contributed by atoms with Crippen LogP contribution in [0.1, 0.15) is 24.9 Å². The van der Waals surface area contributed by atoms with Crippen LogP contribution in [0.4, 0.5) is 0 Å². The molecule has 0 saturated heterocycles. The second kappa shape index (κ2) is 6.84. The Morgan fingerprint density at radius 2 is 1.71 bits per heavy atom. The van der Waals surface area contributed by atoms with Gasteiger partial charge in [0.2, 0.25) is 0 Å². The number of amides is 1. The highest BCUT2D eigenvalue weighted by Gasteiger charge is 2.18. The first-order valence-corrected chi connectivity index (χ1v) is 8.32. The van der Waals surface area contributed by atoms with Crippen molar-refractivity contribution in [1.29, 1.82) is 0 Å². The molecule has 0 aliphatic carbocycles. The number of hydrogen-bond acceptors (Lipinski definition) is 4. The van der Waals surface area contributed by atoms with Crippen LogP contribution in [-0.2, 0) is 11.3 Å². The van der Waals surface area contributed by atoms with Crippen molar-refractivity contribution >= 4 is 34.0 Å². The summed E-state index contributed by atoms with van der Waals surface area (Å²) in [6.07, 6.45) is 0. The van der Waals surface area contributed by atoms with E-state index < -0.39 is 5.97 Å². The molecule has 5 heteroatoms. The van der Waals surface area contributed by atoms with E-state index in [2.05, 4.69) is 22.9 Å². The standard InChI is InChI=1S/C19H17NO3S/c1-20(18(21)16-10-11-17(24-16)19(22)23-2)12-14-8-5-7-13-6-3-4-9-15(13)14/h3-11H,12H2,1-2H3. The van der Waals surface area contributed by atoms with E-state index in [9.17, 15) is 9.59 Å². The van der Waals surface area contributed by atoms with Gasteiger partial charge in [0.1, 0.15) is 4.88 Å². The van der Waals surface area contributed by atoms with Gasteiger partial charge < -0.3 is 9.64 Å². The molecule has 0 N–H and O–H groups in total. The van der Waals surface area contributed by atoms with Gasteiger partial charge in [0.05, 0.1) is 12.0 Å². The smallest absolute Gasteiger partial charge is 0.348 e. The Hall–Kier alpha value is -2.66. The summed E-state index contributed by atoms with van der Waals surface area (Å²) < 4.78 is 4.68.